The predicted octanol–water partition coefficient (Wildman–Crippen LogP) is 4.16. The van der Waals surface area contributed by atoms with Crippen molar-refractivity contribution in [3.05, 3.63) is 54.0 Å². The van der Waals surface area contributed by atoms with E-state index in [1.807, 2.05) is 20.9 Å². The molecule has 0 amide bonds. The number of aryl methyl sites for hydroxylation is 1. The van der Waals surface area contributed by atoms with Crippen molar-refractivity contribution in [2.75, 3.05) is 12.4 Å². The zero-order chi connectivity index (χ0) is 13.8. The molecule has 0 atom stereocenters. The molecule has 0 aliphatic heterocycles. The molecule has 0 spiro atoms. The molecule has 3 nitrogen and oxygen atoms in total. The Morgan fingerprint density at radius 2 is 1.72 bits per heavy atom. The number of benzene rings is 1. The monoisotopic (exact) mass is 247 g/mol. The first-order valence-corrected chi connectivity index (χ1v) is 5.99. The maximum absolute atomic E-state index is 9.77. The van der Waals surface area contributed by atoms with Gasteiger partial charge in [0.2, 0.25) is 0 Å². The van der Waals surface area contributed by atoms with E-state index in [0.717, 1.165) is 0 Å². The van der Waals surface area contributed by atoms with Crippen LogP contribution in [-0.4, -0.2) is 13.3 Å². The van der Waals surface area contributed by atoms with E-state index in [1.54, 1.807) is 12.1 Å². The Morgan fingerprint density at radius 3 is 2.06 bits per heavy atom. The molecule has 0 radical (unpaired) electrons. The van der Waals surface area contributed by atoms with E-state index in [0.29, 0.717) is 12.0 Å². The van der Waals surface area contributed by atoms with Gasteiger partial charge >= 0.3 is 0 Å². The van der Waals surface area contributed by atoms with Gasteiger partial charge in [-0.3, -0.25) is 4.79 Å². The summed E-state index contributed by atoms with van der Waals surface area (Å²) in [5, 5.41) is 3.05. The molecule has 0 saturated carbocycles. The third-order valence-corrected chi connectivity index (χ3v) is 2.00. The van der Waals surface area contributed by atoms with E-state index >= 15 is 0 Å². The highest BCUT2D eigenvalue weighted by molar-refractivity contribution is 5.69. The predicted molar refractivity (Wildman–Crippen MR) is 76.2 cm³/mol. The molecule has 1 N–H and O–H groups in total. The highest BCUT2D eigenvalue weighted by Gasteiger charge is 1.85. The number of rotatable bonds is 2. The Morgan fingerprint density at radius 1 is 1.11 bits per heavy atom. The average molecular weight is 247 g/mol. The summed E-state index contributed by atoms with van der Waals surface area (Å²) in [6.07, 6.45) is 2.13. The van der Waals surface area contributed by atoms with Gasteiger partial charge in [0.05, 0.1) is 6.26 Å². The standard InChI is InChI=1S/C8H11N.C5H4O2.C2H6/c1-7-3-5-8(9-2)6-4-7;6-4-5-2-1-3-7-5;1-2/h3-6,9H,1-2H3;1-4H;1-2H3. The molecule has 1 aromatic carbocycles. The molecular weight excluding hydrogens is 226 g/mol. The minimum absolute atomic E-state index is 0.375. The zero-order valence-electron chi connectivity index (χ0n) is 11.4. The highest BCUT2D eigenvalue weighted by atomic mass is 16.3. The van der Waals surface area contributed by atoms with Crippen molar-refractivity contribution in [3.63, 3.8) is 0 Å². The van der Waals surface area contributed by atoms with Crippen LogP contribution in [-0.2, 0) is 0 Å². The van der Waals surface area contributed by atoms with Crippen molar-refractivity contribution in [2.24, 2.45) is 0 Å². The molecule has 0 aliphatic carbocycles. The normalized spacial score (nSPS) is 8.22. The SMILES string of the molecule is CC.CNc1ccc(C)cc1.O=Cc1ccco1. The largest absolute Gasteiger partial charge is 0.462 e. The summed E-state index contributed by atoms with van der Waals surface area (Å²) in [6, 6.07) is 11.6. The van der Waals surface area contributed by atoms with Gasteiger partial charge in [0.1, 0.15) is 0 Å². The van der Waals surface area contributed by atoms with Crippen molar-refractivity contribution in [1.82, 2.24) is 0 Å². The molecular formula is C15H21NO2. The minimum Gasteiger partial charge on any atom is -0.462 e. The summed E-state index contributed by atoms with van der Waals surface area (Å²) in [5.41, 5.74) is 2.47. The second-order valence-electron chi connectivity index (χ2n) is 3.25. The van der Waals surface area contributed by atoms with E-state index in [9.17, 15) is 4.79 Å². The first-order valence-electron chi connectivity index (χ1n) is 5.99. The summed E-state index contributed by atoms with van der Waals surface area (Å²) in [4.78, 5) is 9.77. The summed E-state index contributed by atoms with van der Waals surface area (Å²) in [6.45, 7) is 6.08. The first kappa shape index (κ1) is 16.0. The van der Waals surface area contributed by atoms with E-state index in [-0.39, 0.29) is 0 Å². The molecule has 0 saturated heterocycles. The molecule has 1 heterocycles. The zero-order valence-corrected chi connectivity index (χ0v) is 11.4. The number of furan rings is 1. The van der Waals surface area contributed by atoms with Crippen LogP contribution < -0.4 is 5.32 Å². The summed E-state index contributed by atoms with van der Waals surface area (Å²) >= 11 is 0. The molecule has 18 heavy (non-hydrogen) atoms. The lowest BCUT2D eigenvalue weighted by atomic mass is 10.2. The fraction of sp³-hybridized carbons (Fsp3) is 0.267. The lowest BCUT2D eigenvalue weighted by Gasteiger charge is -1.97. The van der Waals surface area contributed by atoms with Gasteiger partial charge in [-0.05, 0) is 31.2 Å². The second-order valence-corrected chi connectivity index (χ2v) is 3.25. The van der Waals surface area contributed by atoms with Crippen LogP contribution in [0.4, 0.5) is 5.69 Å². The molecule has 2 aromatic rings. The minimum atomic E-state index is 0.375. The van der Waals surface area contributed by atoms with Crippen LogP contribution in [0.1, 0.15) is 30.0 Å². The van der Waals surface area contributed by atoms with E-state index < -0.39 is 0 Å². The van der Waals surface area contributed by atoms with Crippen molar-refractivity contribution in [2.45, 2.75) is 20.8 Å². The fourth-order valence-electron chi connectivity index (χ4n) is 1.08. The number of aldehydes is 1. The van der Waals surface area contributed by atoms with Gasteiger partial charge < -0.3 is 9.73 Å². The lowest BCUT2D eigenvalue weighted by Crippen LogP contribution is -1.85. The first-order chi connectivity index (χ1) is 8.76. The topological polar surface area (TPSA) is 42.2 Å². The van der Waals surface area contributed by atoms with Gasteiger partial charge in [-0.2, -0.15) is 0 Å². The number of carbonyl (C=O) groups excluding carboxylic acids is 1. The fourth-order valence-corrected chi connectivity index (χ4v) is 1.08. The summed E-state index contributed by atoms with van der Waals surface area (Å²) in [7, 11) is 1.92. The number of carbonyl (C=O) groups is 1. The van der Waals surface area contributed by atoms with E-state index in [2.05, 4.69) is 40.9 Å². The van der Waals surface area contributed by atoms with Crippen molar-refractivity contribution in [1.29, 1.82) is 0 Å². The molecule has 0 unspecified atom stereocenters. The van der Waals surface area contributed by atoms with Crippen LogP contribution in [0.25, 0.3) is 0 Å². The number of hydrogen-bond donors (Lipinski definition) is 1. The molecule has 0 bridgehead atoms. The Kier molecular flexibility index (Phi) is 9.00. The smallest absolute Gasteiger partial charge is 0.185 e. The van der Waals surface area contributed by atoms with Crippen molar-refractivity contribution < 1.29 is 9.21 Å². The molecule has 2 rings (SSSR count). The maximum atomic E-state index is 9.77. The molecule has 1 aromatic heterocycles. The number of nitrogens with one attached hydrogen (secondary N) is 1. The average Bonchev–Trinajstić information content (AvgIpc) is 2.96. The third-order valence-electron chi connectivity index (χ3n) is 2.00. The molecule has 98 valence electrons. The Labute approximate surface area is 109 Å². The molecule has 3 heteroatoms. The number of anilines is 1. The Hall–Kier alpha value is -2.03. The van der Waals surface area contributed by atoms with E-state index in [1.165, 1.54) is 17.5 Å². The van der Waals surface area contributed by atoms with Crippen molar-refractivity contribution in [3.8, 4) is 0 Å². The number of hydrogen-bond acceptors (Lipinski definition) is 3. The summed E-state index contributed by atoms with van der Waals surface area (Å²) < 4.78 is 4.61. The van der Waals surface area contributed by atoms with Gasteiger partial charge in [-0.1, -0.05) is 31.5 Å². The quantitative estimate of drug-likeness (QED) is 0.810. The van der Waals surface area contributed by atoms with Crippen LogP contribution in [0, 0.1) is 6.92 Å². The van der Waals surface area contributed by atoms with Gasteiger partial charge in [0.25, 0.3) is 0 Å². The van der Waals surface area contributed by atoms with Gasteiger partial charge in [0.15, 0.2) is 12.0 Å². The van der Waals surface area contributed by atoms with Gasteiger partial charge in [-0.15, -0.1) is 0 Å². The summed E-state index contributed by atoms with van der Waals surface area (Å²) in [5.74, 6) is 0.375. The highest BCUT2D eigenvalue weighted by Crippen LogP contribution is 2.06. The van der Waals surface area contributed by atoms with Crippen molar-refractivity contribution >= 4 is 12.0 Å². The van der Waals surface area contributed by atoms with Crippen LogP contribution in [0.5, 0.6) is 0 Å². The Bertz CT molecular complexity index is 405. The second kappa shape index (κ2) is 10.1. The molecule has 0 fully saturated rings. The molecule has 0 aliphatic rings. The maximum Gasteiger partial charge on any atom is 0.185 e. The lowest BCUT2D eigenvalue weighted by molar-refractivity contribution is 0.110. The van der Waals surface area contributed by atoms with Gasteiger partial charge in [0, 0.05) is 12.7 Å². The van der Waals surface area contributed by atoms with Crippen LogP contribution in [0.2, 0.25) is 0 Å². The van der Waals surface area contributed by atoms with Crippen LogP contribution in [0.3, 0.4) is 0 Å². The Balaban J connectivity index is 0.000000289. The van der Waals surface area contributed by atoms with Crippen LogP contribution >= 0.6 is 0 Å². The van der Waals surface area contributed by atoms with Crippen LogP contribution in [0.15, 0.2) is 47.1 Å². The van der Waals surface area contributed by atoms with E-state index in [4.69, 9.17) is 0 Å². The van der Waals surface area contributed by atoms with Gasteiger partial charge in [-0.25, -0.2) is 0 Å². The third kappa shape index (κ3) is 6.53.